The van der Waals surface area contributed by atoms with Gasteiger partial charge in [0.2, 0.25) is 10.0 Å². The number of aromatic amines is 1. The van der Waals surface area contributed by atoms with E-state index in [-0.39, 0.29) is 0 Å². The standard InChI is InChI=1S/C8H8ClF3N2O4S/c9-5-1-4(2-13-7(5)16)19(17,18)14-3-6(15)8(10,11)12/h1-2,6,14-15H,3H2,(H,13,16). The Labute approximate surface area is 110 Å². The number of halogens is 4. The van der Waals surface area contributed by atoms with Crippen molar-refractivity contribution in [1.82, 2.24) is 9.71 Å². The Bertz CT molecular complexity index is 613. The molecule has 0 spiro atoms. The van der Waals surface area contributed by atoms with E-state index in [1.165, 1.54) is 0 Å². The summed E-state index contributed by atoms with van der Waals surface area (Å²) in [5.74, 6) is 0. The largest absolute Gasteiger partial charge is 0.415 e. The Morgan fingerprint density at radius 3 is 2.53 bits per heavy atom. The van der Waals surface area contributed by atoms with Crippen LogP contribution < -0.4 is 10.3 Å². The van der Waals surface area contributed by atoms with Gasteiger partial charge < -0.3 is 10.1 Å². The highest BCUT2D eigenvalue weighted by Crippen LogP contribution is 2.20. The normalized spacial score (nSPS) is 14.4. The molecule has 0 saturated carbocycles. The van der Waals surface area contributed by atoms with E-state index >= 15 is 0 Å². The van der Waals surface area contributed by atoms with E-state index in [2.05, 4.69) is 0 Å². The van der Waals surface area contributed by atoms with Gasteiger partial charge in [-0.05, 0) is 6.07 Å². The van der Waals surface area contributed by atoms with Gasteiger partial charge in [-0.25, -0.2) is 13.1 Å². The van der Waals surface area contributed by atoms with Crippen molar-refractivity contribution in [3.63, 3.8) is 0 Å². The molecule has 0 aliphatic heterocycles. The zero-order valence-corrected chi connectivity index (χ0v) is 10.6. The number of hydrogen-bond acceptors (Lipinski definition) is 4. The molecule has 0 fully saturated rings. The van der Waals surface area contributed by atoms with Crippen molar-refractivity contribution in [1.29, 1.82) is 0 Å². The van der Waals surface area contributed by atoms with Crippen LogP contribution in [0.4, 0.5) is 13.2 Å². The predicted octanol–water partition coefficient (Wildman–Crippen LogP) is 0.230. The number of aliphatic hydroxyl groups is 1. The van der Waals surface area contributed by atoms with Crippen molar-refractivity contribution in [3.8, 4) is 0 Å². The zero-order chi connectivity index (χ0) is 14.8. The van der Waals surface area contributed by atoms with E-state index in [0.29, 0.717) is 0 Å². The molecule has 1 aromatic heterocycles. The van der Waals surface area contributed by atoms with Crippen LogP contribution in [0.1, 0.15) is 0 Å². The molecule has 0 bridgehead atoms. The Morgan fingerprint density at radius 2 is 2.05 bits per heavy atom. The maximum absolute atomic E-state index is 12.0. The van der Waals surface area contributed by atoms with Crippen LogP contribution in [0.5, 0.6) is 0 Å². The summed E-state index contributed by atoms with van der Waals surface area (Å²) in [6.45, 7) is -1.25. The van der Waals surface area contributed by atoms with Crippen molar-refractivity contribution in [2.24, 2.45) is 0 Å². The van der Waals surface area contributed by atoms with E-state index in [1.54, 1.807) is 4.72 Å². The van der Waals surface area contributed by atoms with Gasteiger partial charge in [0.05, 0.1) is 4.90 Å². The molecule has 0 amide bonds. The summed E-state index contributed by atoms with van der Waals surface area (Å²) in [4.78, 5) is 12.4. The third-order valence-corrected chi connectivity index (χ3v) is 3.67. The quantitative estimate of drug-likeness (QED) is 0.739. The molecule has 1 unspecified atom stereocenters. The molecule has 1 atom stereocenters. The third-order valence-electron chi connectivity index (χ3n) is 1.99. The van der Waals surface area contributed by atoms with E-state index in [1.807, 2.05) is 4.98 Å². The highest BCUT2D eigenvalue weighted by molar-refractivity contribution is 7.89. The van der Waals surface area contributed by atoms with E-state index < -0.39 is 44.3 Å². The monoisotopic (exact) mass is 320 g/mol. The lowest BCUT2D eigenvalue weighted by molar-refractivity contribution is -0.200. The van der Waals surface area contributed by atoms with Crippen LogP contribution in [0, 0.1) is 0 Å². The van der Waals surface area contributed by atoms with Crippen LogP contribution in [-0.2, 0) is 10.0 Å². The van der Waals surface area contributed by atoms with Crippen molar-refractivity contribution in [2.75, 3.05) is 6.54 Å². The number of aliphatic hydroxyl groups excluding tert-OH is 1. The Kier molecular flexibility index (Phi) is 4.61. The number of pyridine rings is 1. The Balaban J connectivity index is 2.88. The van der Waals surface area contributed by atoms with Crippen molar-refractivity contribution < 1.29 is 26.7 Å². The molecule has 0 aliphatic carbocycles. The van der Waals surface area contributed by atoms with Crippen LogP contribution in [-0.4, -0.2) is 37.3 Å². The molecular weight excluding hydrogens is 313 g/mol. The van der Waals surface area contributed by atoms with E-state index in [9.17, 15) is 26.4 Å². The minimum atomic E-state index is -4.94. The van der Waals surface area contributed by atoms with Gasteiger partial charge in [0.15, 0.2) is 6.10 Å². The molecule has 0 aromatic carbocycles. The Morgan fingerprint density at radius 1 is 1.47 bits per heavy atom. The van der Waals surface area contributed by atoms with Gasteiger partial charge >= 0.3 is 6.18 Å². The lowest BCUT2D eigenvalue weighted by Crippen LogP contribution is -2.40. The van der Waals surface area contributed by atoms with Gasteiger partial charge in [-0.15, -0.1) is 0 Å². The third kappa shape index (κ3) is 4.20. The fourth-order valence-electron chi connectivity index (χ4n) is 0.981. The van der Waals surface area contributed by atoms with Gasteiger partial charge in [0.25, 0.3) is 5.56 Å². The molecule has 11 heteroatoms. The number of alkyl halides is 3. The Hall–Kier alpha value is -1.10. The second-order valence-corrected chi connectivity index (χ2v) is 5.60. The first-order valence-corrected chi connectivity index (χ1v) is 6.53. The highest BCUT2D eigenvalue weighted by atomic mass is 35.5. The lowest BCUT2D eigenvalue weighted by atomic mass is 10.4. The van der Waals surface area contributed by atoms with Gasteiger partial charge in [-0.1, -0.05) is 11.6 Å². The summed E-state index contributed by atoms with van der Waals surface area (Å²) in [5.41, 5.74) is -0.740. The second kappa shape index (κ2) is 5.49. The van der Waals surface area contributed by atoms with Crippen LogP contribution in [0.3, 0.4) is 0 Å². The van der Waals surface area contributed by atoms with Gasteiger partial charge in [0, 0.05) is 12.7 Å². The molecular formula is C8H8ClF3N2O4S. The summed E-state index contributed by atoms with van der Waals surface area (Å²) < 4.78 is 60.6. The summed E-state index contributed by atoms with van der Waals surface area (Å²) >= 11 is 5.39. The van der Waals surface area contributed by atoms with Gasteiger partial charge in [-0.3, -0.25) is 4.79 Å². The van der Waals surface area contributed by atoms with E-state index in [0.717, 1.165) is 12.3 Å². The first kappa shape index (κ1) is 16.0. The number of rotatable bonds is 4. The minimum Gasteiger partial charge on any atom is -0.382 e. The molecule has 1 aromatic rings. The number of H-pyrrole nitrogens is 1. The average Bonchev–Trinajstić information content (AvgIpc) is 2.28. The fourth-order valence-corrected chi connectivity index (χ4v) is 2.25. The first-order valence-electron chi connectivity index (χ1n) is 4.67. The predicted molar refractivity (Wildman–Crippen MR) is 59.3 cm³/mol. The molecule has 1 rings (SSSR count). The summed E-state index contributed by atoms with van der Waals surface area (Å²) in [6.07, 6.45) is -7.00. The maximum atomic E-state index is 12.0. The highest BCUT2D eigenvalue weighted by Gasteiger charge is 2.38. The van der Waals surface area contributed by atoms with Crippen molar-refractivity contribution in [2.45, 2.75) is 17.2 Å². The maximum Gasteiger partial charge on any atom is 0.415 e. The number of aromatic nitrogens is 1. The number of hydrogen-bond donors (Lipinski definition) is 3. The van der Waals surface area contributed by atoms with Gasteiger partial charge in [-0.2, -0.15) is 13.2 Å². The topological polar surface area (TPSA) is 99.3 Å². The molecule has 19 heavy (non-hydrogen) atoms. The molecule has 0 radical (unpaired) electrons. The summed E-state index contributed by atoms with van der Waals surface area (Å²) in [5, 5.41) is 8.23. The SMILES string of the molecule is O=c1[nH]cc(S(=O)(=O)NCC(O)C(F)(F)F)cc1Cl. The molecule has 1 heterocycles. The van der Waals surface area contributed by atoms with Crippen molar-refractivity contribution >= 4 is 21.6 Å². The first-order chi connectivity index (χ1) is 8.54. The second-order valence-electron chi connectivity index (χ2n) is 3.42. The molecule has 0 aliphatic rings. The molecule has 3 N–H and O–H groups in total. The van der Waals surface area contributed by atoms with E-state index in [4.69, 9.17) is 16.7 Å². The minimum absolute atomic E-state index is 0.431. The molecule has 0 saturated heterocycles. The number of sulfonamides is 1. The number of nitrogens with one attached hydrogen (secondary N) is 2. The smallest absolute Gasteiger partial charge is 0.382 e. The summed E-state index contributed by atoms with van der Waals surface area (Å²) in [7, 11) is -4.32. The summed E-state index contributed by atoms with van der Waals surface area (Å²) in [6, 6.07) is 0.780. The average molecular weight is 321 g/mol. The van der Waals surface area contributed by atoms with Crippen molar-refractivity contribution in [3.05, 3.63) is 27.6 Å². The van der Waals surface area contributed by atoms with Gasteiger partial charge in [0.1, 0.15) is 5.02 Å². The van der Waals surface area contributed by atoms with Crippen LogP contribution >= 0.6 is 11.6 Å². The van der Waals surface area contributed by atoms with Crippen LogP contribution in [0.25, 0.3) is 0 Å². The van der Waals surface area contributed by atoms with Crippen LogP contribution in [0.2, 0.25) is 5.02 Å². The zero-order valence-electron chi connectivity index (χ0n) is 9.03. The lowest BCUT2D eigenvalue weighted by Gasteiger charge is -2.15. The molecule has 6 nitrogen and oxygen atoms in total. The van der Waals surface area contributed by atoms with Crippen LogP contribution in [0.15, 0.2) is 22.0 Å². The fraction of sp³-hybridized carbons (Fsp3) is 0.375. The molecule has 108 valence electrons.